The van der Waals surface area contributed by atoms with Gasteiger partial charge in [-0.2, -0.15) is 0 Å². The molecule has 0 aliphatic carbocycles. The van der Waals surface area contributed by atoms with Gasteiger partial charge in [0.25, 0.3) is 0 Å². The molecule has 0 saturated heterocycles. The van der Waals surface area contributed by atoms with Crippen molar-refractivity contribution in [3.8, 4) is 5.75 Å². The van der Waals surface area contributed by atoms with E-state index in [0.29, 0.717) is 5.75 Å². The monoisotopic (exact) mass is 276 g/mol. The predicted molar refractivity (Wildman–Crippen MR) is 59.7 cm³/mol. The minimum Gasteiger partial charge on any atom is -0.490 e. The summed E-state index contributed by atoms with van der Waals surface area (Å²) < 4.78 is 18.8. The van der Waals surface area contributed by atoms with Crippen LogP contribution in [0.15, 0.2) is 16.6 Å². The van der Waals surface area contributed by atoms with Crippen LogP contribution >= 0.6 is 15.9 Å². The molecule has 0 bridgehead atoms. The van der Waals surface area contributed by atoms with Crippen LogP contribution in [0.1, 0.15) is 13.8 Å². The van der Waals surface area contributed by atoms with Crippen molar-refractivity contribution in [3.63, 3.8) is 0 Å². The molecule has 1 aromatic carbocycles. The summed E-state index contributed by atoms with van der Waals surface area (Å²) in [5, 5.41) is 17.9. The molecule has 1 rings (SSSR count). The van der Waals surface area contributed by atoms with E-state index in [1.807, 2.05) is 13.8 Å². The van der Waals surface area contributed by atoms with Crippen molar-refractivity contribution in [2.75, 3.05) is 0 Å². The number of rotatable bonds is 3. The van der Waals surface area contributed by atoms with Crippen LogP contribution in [-0.2, 0) is 0 Å². The van der Waals surface area contributed by atoms with E-state index in [0.717, 1.165) is 6.07 Å². The molecule has 0 heterocycles. The normalized spacial score (nSPS) is 10.6. The molecule has 1 aromatic rings. The van der Waals surface area contributed by atoms with Crippen molar-refractivity contribution >= 4 is 28.5 Å². The largest absolute Gasteiger partial charge is 0.492 e. The lowest BCUT2D eigenvalue weighted by molar-refractivity contribution is 0.240. The van der Waals surface area contributed by atoms with Crippen LogP contribution in [0, 0.1) is 5.82 Å². The number of hydrogen-bond donors (Lipinski definition) is 2. The van der Waals surface area contributed by atoms with Crippen molar-refractivity contribution in [2.24, 2.45) is 0 Å². The second kappa shape index (κ2) is 4.96. The van der Waals surface area contributed by atoms with Crippen LogP contribution in [0.3, 0.4) is 0 Å². The molecule has 0 aliphatic heterocycles. The Morgan fingerprint density at radius 2 is 2.00 bits per heavy atom. The van der Waals surface area contributed by atoms with Gasteiger partial charge in [-0.15, -0.1) is 0 Å². The third-order valence-corrected chi connectivity index (χ3v) is 2.53. The minimum atomic E-state index is -1.87. The third kappa shape index (κ3) is 2.93. The van der Waals surface area contributed by atoms with Crippen LogP contribution in [-0.4, -0.2) is 23.3 Å². The average Bonchev–Trinajstić information content (AvgIpc) is 2.09. The van der Waals surface area contributed by atoms with Gasteiger partial charge >= 0.3 is 7.12 Å². The van der Waals surface area contributed by atoms with Gasteiger partial charge in [-0.25, -0.2) is 4.39 Å². The highest BCUT2D eigenvalue weighted by Crippen LogP contribution is 2.25. The molecule has 0 radical (unpaired) electrons. The van der Waals surface area contributed by atoms with E-state index in [1.165, 1.54) is 6.07 Å². The maximum Gasteiger partial charge on any atom is 0.492 e. The zero-order valence-electron chi connectivity index (χ0n) is 8.37. The molecule has 0 atom stereocenters. The lowest BCUT2D eigenvalue weighted by Crippen LogP contribution is -2.34. The first-order chi connectivity index (χ1) is 6.93. The Hall–Kier alpha value is -0.585. The summed E-state index contributed by atoms with van der Waals surface area (Å²) in [5.41, 5.74) is -0.215. The van der Waals surface area contributed by atoms with Crippen molar-refractivity contribution in [1.29, 1.82) is 0 Å². The second-order valence-electron chi connectivity index (χ2n) is 3.31. The lowest BCUT2D eigenvalue weighted by atomic mass is 9.80. The van der Waals surface area contributed by atoms with E-state index in [2.05, 4.69) is 15.9 Å². The maximum atomic E-state index is 13.2. The number of ether oxygens (including phenoxy) is 1. The van der Waals surface area contributed by atoms with Crippen LogP contribution < -0.4 is 10.2 Å². The SMILES string of the molecule is CC(C)Oc1ccc(F)c(B(O)O)c1Br. The van der Waals surface area contributed by atoms with E-state index in [-0.39, 0.29) is 16.0 Å². The Balaban J connectivity index is 3.16. The standard InChI is InChI=1S/C9H11BBrFO3/c1-5(2)15-7-4-3-6(12)8(9(7)11)10(13)14/h3-5,13-14H,1-2H3. The number of hydrogen-bond acceptors (Lipinski definition) is 3. The molecular formula is C9H11BBrFO3. The van der Waals surface area contributed by atoms with Crippen molar-refractivity contribution in [3.05, 3.63) is 22.4 Å². The fourth-order valence-corrected chi connectivity index (χ4v) is 1.75. The quantitative estimate of drug-likeness (QED) is 0.812. The molecule has 0 spiro atoms. The third-order valence-electron chi connectivity index (χ3n) is 1.71. The summed E-state index contributed by atoms with van der Waals surface area (Å²) in [4.78, 5) is 0. The fraction of sp³-hybridized carbons (Fsp3) is 0.333. The smallest absolute Gasteiger partial charge is 0.490 e. The highest BCUT2D eigenvalue weighted by atomic mass is 79.9. The van der Waals surface area contributed by atoms with Gasteiger partial charge in [0.15, 0.2) is 0 Å². The highest BCUT2D eigenvalue weighted by molar-refractivity contribution is 9.10. The molecule has 0 unspecified atom stereocenters. The first kappa shape index (κ1) is 12.5. The lowest BCUT2D eigenvalue weighted by Gasteiger charge is -2.14. The van der Waals surface area contributed by atoms with E-state index in [1.54, 1.807) is 0 Å². The topological polar surface area (TPSA) is 49.7 Å². The van der Waals surface area contributed by atoms with Crippen LogP contribution in [0.5, 0.6) is 5.75 Å². The van der Waals surface area contributed by atoms with Gasteiger partial charge in [0.05, 0.1) is 10.6 Å². The summed E-state index contributed by atoms with van der Waals surface area (Å²) in [6, 6.07) is 2.57. The molecule has 0 aromatic heterocycles. The Bertz CT molecular complexity index is 357. The maximum absolute atomic E-state index is 13.2. The molecule has 0 aliphatic rings. The second-order valence-corrected chi connectivity index (χ2v) is 4.11. The van der Waals surface area contributed by atoms with E-state index >= 15 is 0 Å². The van der Waals surface area contributed by atoms with Crippen LogP contribution in [0.2, 0.25) is 0 Å². The Kier molecular flexibility index (Phi) is 4.13. The van der Waals surface area contributed by atoms with Crippen LogP contribution in [0.4, 0.5) is 4.39 Å². The highest BCUT2D eigenvalue weighted by Gasteiger charge is 2.23. The Morgan fingerprint density at radius 3 is 2.47 bits per heavy atom. The zero-order valence-corrected chi connectivity index (χ0v) is 9.95. The van der Waals surface area contributed by atoms with Crippen LogP contribution in [0.25, 0.3) is 0 Å². The Labute approximate surface area is 96.2 Å². The molecule has 0 amide bonds. The van der Waals surface area contributed by atoms with E-state index in [9.17, 15) is 4.39 Å². The molecule has 82 valence electrons. The van der Waals surface area contributed by atoms with Gasteiger partial charge in [0.1, 0.15) is 11.6 Å². The molecule has 0 saturated carbocycles. The molecule has 15 heavy (non-hydrogen) atoms. The van der Waals surface area contributed by atoms with Gasteiger partial charge in [-0.1, -0.05) is 0 Å². The summed E-state index contributed by atoms with van der Waals surface area (Å²) >= 11 is 3.08. The average molecular weight is 277 g/mol. The summed E-state index contributed by atoms with van der Waals surface area (Å²) in [7, 11) is -1.87. The Morgan fingerprint density at radius 1 is 1.40 bits per heavy atom. The summed E-state index contributed by atoms with van der Waals surface area (Å²) in [6.07, 6.45) is -0.0737. The number of benzene rings is 1. The number of halogens is 2. The van der Waals surface area contributed by atoms with E-state index in [4.69, 9.17) is 14.8 Å². The van der Waals surface area contributed by atoms with Gasteiger partial charge in [0.2, 0.25) is 0 Å². The molecule has 3 nitrogen and oxygen atoms in total. The molecule has 2 N–H and O–H groups in total. The fourth-order valence-electron chi connectivity index (χ4n) is 1.13. The van der Waals surface area contributed by atoms with Crippen molar-refractivity contribution < 1.29 is 19.2 Å². The summed E-state index contributed by atoms with van der Waals surface area (Å²) in [6.45, 7) is 3.65. The minimum absolute atomic E-state index is 0.0737. The van der Waals surface area contributed by atoms with Crippen molar-refractivity contribution in [2.45, 2.75) is 20.0 Å². The zero-order chi connectivity index (χ0) is 11.6. The van der Waals surface area contributed by atoms with Gasteiger partial charge in [-0.05, 0) is 41.9 Å². The van der Waals surface area contributed by atoms with Gasteiger partial charge in [-0.3, -0.25) is 0 Å². The first-order valence-corrected chi connectivity index (χ1v) is 5.23. The molecule has 6 heteroatoms. The first-order valence-electron chi connectivity index (χ1n) is 4.44. The molecule has 0 fully saturated rings. The van der Waals surface area contributed by atoms with Gasteiger partial charge < -0.3 is 14.8 Å². The van der Waals surface area contributed by atoms with E-state index < -0.39 is 12.9 Å². The molecular weight excluding hydrogens is 266 g/mol. The van der Waals surface area contributed by atoms with Gasteiger partial charge in [0, 0.05) is 5.46 Å². The summed E-state index contributed by atoms with van der Waals surface area (Å²) in [5.74, 6) is -0.303. The van der Waals surface area contributed by atoms with Crippen molar-refractivity contribution in [1.82, 2.24) is 0 Å². The predicted octanol–water partition coefficient (Wildman–Crippen LogP) is 1.06.